The minimum Gasteiger partial charge on any atom is -0.378 e. The third kappa shape index (κ3) is 5.28. The monoisotopic (exact) mass is 528 g/mol. The molecule has 6 nitrogen and oxygen atoms in total. The smallest absolute Gasteiger partial charge is 0.223 e. The lowest BCUT2D eigenvalue weighted by molar-refractivity contribution is -0.176. The third-order valence-corrected chi connectivity index (χ3v) is 7.18. The van der Waals surface area contributed by atoms with Gasteiger partial charge in [-0.15, -0.1) is 24.0 Å². The standard InChI is InChI=1S/C23H36N4O2.HI/c1-22(2)19(14-23(22,3)29-5)26-21(24-4)25-15-18-13-20(28)27(16-18)12-11-17-9-7-6-8-10-17;/h6-10,18-19H,11-16H2,1-5H3,(H2,24,25,26);1H. The topological polar surface area (TPSA) is 66.0 Å². The molecule has 168 valence electrons. The zero-order chi connectivity index (χ0) is 21.1. The molecular formula is C23H37IN4O2. The summed E-state index contributed by atoms with van der Waals surface area (Å²) in [7, 11) is 3.58. The number of hydrogen-bond acceptors (Lipinski definition) is 3. The van der Waals surface area contributed by atoms with Gasteiger partial charge >= 0.3 is 0 Å². The number of guanidine groups is 1. The van der Waals surface area contributed by atoms with Crippen LogP contribution in [0.25, 0.3) is 0 Å². The molecule has 2 aliphatic rings. The van der Waals surface area contributed by atoms with Crippen LogP contribution in [0.4, 0.5) is 0 Å². The van der Waals surface area contributed by atoms with E-state index in [2.05, 4.69) is 48.5 Å². The predicted octanol–water partition coefficient (Wildman–Crippen LogP) is 3.06. The molecule has 1 amide bonds. The van der Waals surface area contributed by atoms with Gasteiger partial charge in [0.2, 0.25) is 5.91 Å². The molecule has 1 heterocycles. The van der Waals surface area contributed by atoms with Crippen molar-refractivity contribution in [1.29, 1.82) is 0 Å². The SMILES string of the molecule is CN=C(NCC1CC(=O)N(CCc2ccccc2)C1)NC1CC(C)(OC)C1(C)C.I. The molecule has 30 heavy (non-hydrogen) atoms. The summed E-state index contributed by atoms with van der Waals surface area (Å²) in [5.41, 5.74) is 1.19. The summed E-state index contributed by atoms with van der Waals surface area (Å²) < 4.78 is 5.71. The minimum atomic E-state index is -0.110. The van der Waals surface area contributed by atoms with Crippen molar-refractivity contribution in [3.05, 3.63) is 35.9 Å². The fourth-order valence-electron chi connectivity index (χ4n) is 4.44. The van der Waals surface area contributed by atoms with E-state index in [9.17, 15) is 4.79 Å². The summed E-state index contributed by atoms with van der Waals surface area (Å²) in [5, 5.41) is 6.96. The highest BCUT2D eigenvalue weighted by Gasteiger charge is 2.58. The van der Waals surface area contributed by atoms with Gasteiger partial charge < -0.3 is 20.3 Å². The van der Waals surface area contributed by atoms with Gasteiger partial charge in [-0.1, -0.05) is 44.2 Å². The highest BCUT2D eigenvalue weighted by Crippen LogP contribution is 2.51. The van der Waals surface area contributed by atoms with Gasteiger partial charge in [0.25, 0.3) is 0 Å². The Bertz CT molecular complexity index is 740. The van der Waals surface area contributed by atoms with Crippen molar-refractivity contribution in [2.24, 2.45) is 16.3 Å². The average molecular weight is 528 g/mol. The fourth-order valence-corrected chi connectivity index (χ4v) is 4.44. The van der Waals surface area contributed by atoms with Crippen LogP contribution in [0.15, 0.2) is 35.3 Å². The molecule has 0 radical (unpaired) electrons. The number of rotatable bonds is 7. The summed E-state index contributed by atoms with van der Waals surface area (Å²) in [4.78, 5) is 18.8. The Hall–Kier alpha value is -1.35. The van der Waals surface area contributed by atoms with Crippen molar-refractivity contribution in [3.8, 4) is 0 Å². The largest absolute Gasteiger partial charge is 0.378 e. The number of ether oxygens (including phenoxy) is 1. The summed E-state index contributed by atoms with van der Waals surface area (Å²) >= 11 is 0. The van der Waals surface area contributed by atoms with Gasteiger partial charge in [-0.25, -0.2) is 0 Å². The zero-order valence-electron chi connectivity index (χ0n) is 18.9. The molecule has 0 aromatic heterocycles. The number of nitrogens with one attached hydrogen (secondary N) is 2. The number of likely N-dealkylation sites (tertiary alicyclic amines) is 1. The molecule has 1 aromatic carbocycles. The van der Waals surface area contributed by atoms with E-state index < -0.39 is 0 Å². The van der Waals surface area contributed by atoms with Crippen LogP contribution in [-0.4, -0.2) is 62.2 Å². The maximum Gasteiger partial charge on any atom is 0.223 e. The van der Waals surface area contributed by atoms with Crippen molar-refractivity contribution in [1.82, 2.24) is 15.5 Å². The first-order chi connectivity index (χ1) is 13.8. The van der Waals surface area contributed by atoms with Crippen molar-refractivity contribution in [2.45, 2.75) is 51.7 Å². The van der Waals surface area contributed by atoms with Gasteiger partial charge in [0.05, 0.1) is 5.60 Å². The quantitative estimate of drug-likeness (QED) is 0.325. The molecule has 2 fully saturated rings. The number of amides is 1. The number of benzene rings is 1. The van der Waals surface area contributed by atoms with E-state index in [0.717, 1.165) is 38.4 Å². The number of aliphatic imine (C=N–C) groups is 1. The maximum atomic E-state index is 12.4. The first kappa shape index (κ1) is 24.9. The van der Waals surface area contributed by atoms with E-state index in [1.807, 2.05) is 23.1 Å². The van der Waals surface area contributed by atoms with E-state index >= 15 is 0 Å². The number of halogens is 1. The molecule has 1 aliphatic heterocycles. The van der Waals surface area contributed by atoms with Crippen molar-refractivity contribution < 1.29 is 9.53 Å². The first-order valence-electron chi connectivity index (χ1n) is 10.6. The van der Waals surface area contributed by atoms with E-state index in [1.54, 1.807) is 14.2 Å². The van der Waals surface area contributed by atoms with Crippen LogP contribution in [-0.2, 0) is 16.0 Å². The van der Waals surface area contributed by atoms with Crippen molar-refractivity contribution >= 4 is 35.8 Å². The number of hydrogen-bond donors (Lipinski definition) is 2. The van der Waals surface area contributed by atoms with Crippen molar-refractivity contribution in [3.63, 3.8) is 0 Å². The lowest BCUT2D eigenvalue weighted by Crippen LogP contribution is -2.69. The Labute approximate surface area is 198 Å². The fraction of sp³-hybridized carbons (Fsp3) is 0.652. The van der Waals surface area contributed by atoms with Crippen LogP contribution in [0.1, 0.15) is 39.2 Å². The van der Waals surface area contributed by atoms with Gasteiger partial charge in [-0.05, 0) is 25.3 Å². The second-order valence-corrected chi connectivity index (χ2v) is 9.16. The lowest BCUT2D eigenvalue weighted by atomic mass is 9.56. The van der Waals surface area contributed by atoms with E-state index in [4.69, 9.17) is 4.74 Å². The van der Waals surface area contributed by atoms with Crippen LogP contribution in [0, 0.1) is 11.3 Å². The van der Waals surface area contributed by atoms with Gasteiger partial charge in [0, 0.05) is 57.6 Å². The van der Waals surface area contributed by atoms with Gasteiger partial charge in [-0.2, -0.15) is 0 Å². The summed E-state index contributed by atoms with van der Waals surface area (Å²) in [6.45, 7) is 8.97. The lowest BCUT2D eigenvalue weighted by Gasteiger charge is -2.59. The Morgan fingerprint density at radius 1 is 1.27 bits per heavy atom. The molecular weight excluding hydrogens is 491 g/mol. The second kappa shape index (κ2) is 10.3. The molecule has 3 unspecified atom stereocenters. The van der Waals surface area contributed by atoms with Crippen LogP contribution in [0.5, 0.6) is 0 Å². The highest BCUT2D eigenvalue weighted by molar-refractivity contribution is 14.0. The molecule has 1 aromatic rings. The Balaban J connectivity index is 0.00000320. The maximum absolute atomic E-state index is 12.4. The number of carbonyl (C=O) groups is 1. The summed E-state index contributed by atoms with van der Waals surface area (Å²) in [6, 6.07) is 10.7. The van der Waals surface area contributed by atoms with E-state index in [0.29, 0.717) is 18.4 Å². The predicted molar refractivity (Wildman–Crippen MR) is 132 cm³/mol. The Kier molecular flexibility index (Phi) is 8.56. The molecule has 3 rings (SSSR count). The van der Waals surface area contributed by atoms with Crippen LogP contribution in [0.2, 0.25) is 0 Å². The molecule has 1 saturated heterocycles. The van der Waals surface area contributed by atoms with Crippen molar-refractivity contribution in [2.75, 3.05) is 33.8 Å². The molecule has 0 bridgehead atoms. The zero-order valence-corrected chi connectivity index (χ0v) is 21.2. The molecule has 7 heteroatoms. The second-order valence-electron chi connectivity index (χ2n) is 9.16. The van der Waals surface area contributed by atoms with Crippen LogP contribution in [0.3, 0.4) is 0 Å². The number of carbonyl (C=O) groups excluding carboxylic acids is 1. The third-order valence-electron chi connectivity index (χ3n) is 7.18. The first-order valence-corrected chi connectivity index (χ1v) is 10.6. The Morgan fingerprint density at radius 3 is 2.57 bits per heavy atom. The minimum absolute atomic E-state index is 0. The summed E-state index contributed by atoms with van der Waals surface area (Å²) in [6.07, 6.45) is 2.47. The number of nitrogens with zero attached hydrogens (tertiary/aromatic N) is 2. The molecule has 0 spiro atoms. The normalized spacial score (nSPS) is 28.0. The Morgan fingerprint density at radius 2 is 1.97 bits per heavy atom. The number of methoxy groups -OCH3 is 1. The molecule has 2 N–H and O–H groups in total. The van der Waals surface area contributed by atoms with E-state index in [-0.39, 0.29) is 40.9 Å². The van der Waals surface area contributed by atoms with Gasteiger partial charge in [-0.3, -0.25) is 9.79 Å². The molecule has 3 atom stereocenters. The van der Waals surface area contributed by atoms with Gasteiger partial charge in [0.15, 0.2) is 5.96 Å². The summed E-state index contributed by atoms with van der Waals surface area (Å²) in [5.74, 6) is 1.37. The van der Waals surface area contributed by atoms with E-state index in [1.165, 1.54) is 5.56 Å². The highest BCUT2D eigenvalue weighted by atomic mass is 127. The average Bonchev–Trinajstić information content (AvgIpc) is 3.08. The molecule has 1 saturated carbocycles. The van der Waals surface area contributed by atoms with Crippen LogP contribution < -0.4 is 10.6 Å². The molecule has 1 aliphatic carbocycles. The van der Waals surface area contributed by atoms with Crippen LogP contribution >= 0.6 is 24.0 Å². The van der Waals surface area contributed by atoms with Gasteiger partial charge in [0.1, 0.15) is 0 Å².